The lowest BCUT2D eigenvalue weighted by Gasteiger charge is -2.21. The second-order valence-electron chi connectivity index (χ2n) is 9.87. The van der Waals surface area contributed by atoms with Gasteiger partial charge in [0.2, 0.25) is 5.75 Å². The van der Waals surface area contributed by atoms with E-state index in [4.69, 9.17) is 28.4 Å². The smallest absolute Gasteiger partial charge is 0.203 e. The van der Waals surface area contributed by atoms with Gasteiger partial charge < -0.3 is 28.4 Å². The highest BCUT2D eigenvalue weighted by molar-refractivity contribution is 7.91. The number of hydrogen-bond donors (Lipinski definition) is 0. The Morgan fingerprint density at radius 2 is 1.28 bits per heavy atom. The summed E-state index contributed by atoms with van der Waals surface area (Å²) >= 11 is 0. The zero-order valence-corrected chi connectivity index (χ0v) is 26.5. The lowest BCUT2D eigenvalue weighted by molar-refractivity contribution is 0.0435. The highest BCUT2D eigenvalue weighted by atomic mass is 32.2. The van der Waals surface area contributed by atoms with Crippen molar-refractivity contribution in [3.05, 3.63) is 59.9 Å². The number of methoxy groups -OCH3 is 4. The van der Waals surface area contributed by atoms with Gasteiger partial charge in [-0.05, 0) is 66.8 Å². The van der Waals surface area contributed by atoms with Crippen molar-refractivity contribution in [3.63, 3.8) is 0 Å². The first-order valence-corrected chi connectivity index (χ1v) is 17.0. The first kappa shape index (κ1) is 32.4. The van der Waals surface area contributed by atoms with Gasteiger partial charge in [-0.15, -0.1) is 0 Å². The van der Waals surface area contributed by atoms with Gasteiger partial charge in [0.15, 0.2) is 42.7 Å². The third-order valence-corrected chi connectivity index (χ3v) is 10.7. The van der Waals surface area contributed by atoms with Gasteiger partial charge >= 0.3 is 0 Å². The third kappa shape index (κ3) is 7.16. The summed E-state index contributed by atoms with van der Waals surface area (Å²) in [5.41, 5.74) is 1.44. The summed E-state index contributed by atoms with van der Waals surface area (Å²) in [4.78, 5) is 3.88. The monoisotopic (exact) mass is 635 g/mol. The van der Waals surface area contributed by atoms with Gasteiger partial charge in [-0.2, -0.15) is 0 Å². The van der Waals surface area contributed by atoms with Crippen molar-refractivity contribution in [2.45, 2.75) is 48.2 Å². The molecule has 3 aromatic rings. The van der Waals surface area contributed by atoms with Crippen LogP contribution in [-0.2, 0) is 24.4 Å². The molecule has 1 fully saturated rings. The zero-order valence-electron chi connectivity index (χ0n) is 24.9. The molecule has 1 unspecified atom stereocenters. The normalized spacial score (nSPS) is 17.0. The fraction of sp³-hybridized carbons (Fsp3) is 0.433. The maximum atomic E-state index is 13.4. The van der Waals surface area contributed by atoms with E-state index in [9.17, 15) is 16.8 Å². The molecule has 2 heterocycles. The molecule has 1 saturated heterocycles. The summed E-state index contributed by atoms with van der Waals surface area (Å²) in [5.74, 6) is 1.15. The van der Waals surface area contributed by atoms with Gasteiger partial charge in [0.25, 0.3) is 0 Å². The summed E-state index contributed by atoms with van der Waals surface area (Å²) in [6.45, 7) is 1.49. The molecule has 2 aromatic carbocycles. The summed E-state index contributed by atoms with van der Waals surface area (Å²) in [6.07, 6.45) is 3.69. The molecule has 4 rings (SSSR count). The van der Waals surface area contributed by atoms with Crippen LogP contribution in [0.4, 0.5) is 0 Å². The molecule has 1 aliphatic heterocycles. The fourth-order valence-electron chi connectivity index (χ4n) is 5.02. The van der Waals surface area contributed by atoms with Crippen molar-refractivity contribution in [1.29, 1.82) is 0 Å². The Kier molecular flexibility index (Phi) is 10.4. The number of hydrogen-bond acceptors (Lipinski definition) is 11. The quantitative estimate of drug-likeness (QED) is 0.243. The molecule has 0 aliphatic carbocycles. The molecule has 0 N–H and O–H groups in total. The average molecular weight is 636 g/mol. The molecular weight excluding hydrogens is 598 g/mol. The zero-order chi connectivity index (χ0) is 31.2. The summed E-state index contributed by atoms with van der Waals surface area (Å²) in [6, 6.07) is 9.69. The second-order valence-corrected chi connectivity index (χ2v) is 14.1. The van der Waals surface area contributed by atoms with Crippen LogP contribution in [0.5, 0.6) is 28.7 Å². The van der Waals surface area contributed by atoms with E-state index >= 15 is 0 Å². The number of aromatic nitrogens is 1. The van der Waals surface area contributed by atoms with E-state index in [1.807, 2.05) is 12.1 Å². The van der Waals surface area contributed by atoms with Gasteiger partial charge in [-0.3, -0.25) is 4.98 Å². The number of ether oxygens (including phenoxy) is 6. The predicted octanol–water partition coefficient (Wildman–Crippen LogP) is 4.75. The van der Waals surface area contributed by atoms with E-state index in [1.54, 1.807) is 33.3 Å². The molecule has 0 bridgehead atoms. The number of rotatable bonds is 14. The minimum Gasteiger partial charge on any atom is -0.493 e. The molecule has 2 atom stereocenters. The molecule has 0 amide bonds. The van der Waals surface area contributed by atoms with Crippen molar-refractivity contribution in [2.75, 3.05) is 46.6 Å². The standard InChI is InChI=1S/C30H37NO10S2/c1-6-14-43(34,35)28-19-21(18-27(38-4)30(28)40-13-15-42(32,33)22-9-11-31-12-10-22)24-8-7-23(41-24)20-16-25(36-2)29(39-5)26(17-20)37-3/h9-12,16-19,23-24H,6-8,13-15H2,1-5H3/t23-,24?/m0/s1. The lowest BCUT2D eigenvalue weighted by atomic mass is 10.0. The Bertz CT molecular complexity index is 1600. The average Bonchev–Trinajstić information content (AvgIpc) is 3.51. The van der Waals surface area contributed by atoms with E-state index in [-0.39, 0.29) is 45.5 Å². The van der Waals surface area contributed by atoms with E-state index in [2.05, 4.69) is 4.98 Å². The molecule has 0 saturated carbocycles. The lowest BCUT2D eigenvalue weighted by Crippen LogP contribution is -2.17. The van der Waals surface area contributed by atoms with E-state index in [0.29, 0.717) is 42.1 Å². The van der Waals surface area contributed by atoms with Crippen molar-refractivity contribution in [1.82, 2.24) is 4.98 Å². The number of nitrogens with zero attached hydrogens (tertiary/aromatic N) is 1. The van der Waals surface area contributed by atoms with E-state index < -0.39 is 25.8 Å². The Morgan fingerprint density at radius 3 is 1.79 bits per heavy atom. The molecular formula is C30H37NO10S2. The van der Waals surface area contributed by atoms with Crippen LogP contribution in [0.1, 0.15) is 49.5 Å². The first-order chi connectivity index (χ1) is 20.6. The number of benzene rings is 2. The van der Waals surface area contributed by atoms with E-state index in [1.165, 1.54) is 38.7 Å². The minimum absolute atomic E-state index is 0.0243. The highest BCUT2D eigenvalue weighted by Crippen LogP contribution is 2.48. The van der Waals surface area contributed by atoms with Gasteiger partial charge in [-0.1, -0.05) is 6.92 Å². The van der Waals surface area contributed by atoms with Gasteiger partial charge in [0.1, 0.15) is 11.5 Å². The molecule has 13 heteroatoms. The van der Waals surface area contributed by atoms with Crippen LogP contribution in [0, 0.1) is 0 Å². The van der Waals surface area contributed by atoms with Crippen LogP contribution in [0.2, 0.25) is 0 Å². The minimum atomic E-state index is -3.80. The van der Waals surface area contributed by atoms with Crippen LogP contribution in [0.3, 0.4) is 0 Å². The maximum absolute atomic E-state index is 13.4. The Balaban J connectivity index is 1.64. The topological polar surface area (TPSA) is 137 Å². The fourth-order valence-corrected chi connectivity index (χ4v) is 7.61. The Hall–Kier alpha value is -3.55. The van der Waals surface area contributed by atoms with Crippen LogP contribution in [0.25, 0.3) is 0 Å². The second kappa shape index (κ2) is 13.8. The van der Waals surface area contributed by atoms with Gasteiger partial charge in [-0.25, -0.2) is 16.8 Å². The number of sulfone groups is 2. The Labute approximate surface area is 252 Å². The summed E-state index contributed by atoms with van der Waals surface area (Å²) in [5, 5.41) is 0. The first-order valence-electron chi connectivity index (χ1n) is 13.7. The van der Waals surface area contributed by atoms with Crippen LogP contribution in [-0.4, -0.2) is 68.4 Å². The van der Waals surface area contributed by atoms with Crippen molar-refractivity contribution >= 4 is 19.7 Å². The molecule has 1 aromatic heterocycles. The third-order valence-electron chi connectivity index (χ3n) is 7.13. The molecule has 1 aliphatic rings. The molecule has 234 valence electrons. The Morgan fingerprint density at radius 1 is 0.744 bits per heavy atom. The molecule has 43 heavy (non-hydrogen) atoms. The van der Waals surface area contributed by atoms with Crippen molar-refractivity contribution in [2.24, 2.45) is 0 Å². The summed E-state index contributed by atoms with van der Waals surface area (Å²) in [7, 11) is -1.45. The van der Waals surface area contributed by atoms with Crippen molar-refractivity contribution in [3.8, 4) is 28.7 Å². The van der Waals surface area contributed by atoms with Gasteiger partial charge in [0, 0.05) is 12.4 Å². The van der Waals surface area contributed by atoms with Crippen molar-refractivity contribution < 1.29 is 45.3 Å². The van der Waals surface area contributed by atoms with E-state index in [0.717, 1.165) is 5.56 Å². The summed E-state index contributed by atoms with van der Waals surface area (Å²) < 4.78 is 86.6. The SMILES string of the molecule is CCCS(=O)(=O)c1cc(C2CC[C@@H](c3cc(OC)c(OC)c(OC)c3)O2)cc(OC)c1OCCS(=O)(=O)c1ccncc1. The predicted molar refractivity (Wildman–Crippen MR) is 159 cm³/mol. The van der Waals surface area contributed by atoms with Gasteiger partial charge in [0.05, 0.1) is 57.0 Å². The molecule has 0 radical (unpaired) electrons. The largest absolute Gasteiger partial charge is 0.493 e. The maximum Gasteiger partial charge on any atom is 0.203 e. The van der Waals surface area contributed by atoms with Crippen LogP contribution in [0.15, 0.2) is 58.6 Å². The number of pyridine rings is 1. The van der Waals surface area contributed by atoms with Crippen LogP contribution < -0.4 is 23.7 Å². The molecule has 0 spiro atoms. The molecule has 11 nitrogen and oxygen atoms in total. The highest BCUT2D eigenvalue weighted by Gasteiger charge is 2.33. The van der Waals surface area contributed by atoms with Crippen LogP contribution >= 0.6 is 0 Å².